The van der Waals surface area contributed by atoms with Crippen molar-refractivity contribution < 1.29 is 33.0 Å². The number of amides is 3. The monoisotopic (exact) mass is 623 g/mol. The first kappa shape index (κ1) is 35.2. The van der Waals surface area contributed by atoms with E-state index in [1.54, 1.807) is 36.1 Å². The maximum Gasteiger partial charge on any atom is 0.253 e. The lowest BCUT2D eigenvalue weighted by Gasteiger charge is -2.25. The minimum atomic E-state index is -1.17. The van der Waals surface area contributed by atoms with E-state index in [1.165, 1.54) is 6.07 Å². The summed E-state index contributed by atoms with van der Waals surface area (Å²) in [5.74, 6) is -1.90. The van der Waals surface area contributed by atoms with Crippen molar-refractivity contribution in [2.45, 2.75) is 65.0 Å². The lowest BCUT2D eigenvalue weighted by Crippen LogP contribution is -2.46. The first-order chi connectivity index (χ1) is 21.6. The number of aryl methyl sites for hydroxylation is 1. The molecule has 0 radical (unpaired) electrons. The second-order valence-electron chi connectivity index (χ2n) is 11.1. The minimum Gasteiger partial charge on any atom is -0.493 e. The number of hydrogen-bond donors (Lipinski definition) is 3. The highest BCUT2D eigenvalue weighted by Crippen LogP contribution is 2.17. The maximum atomic E-state index is 14.0. The summed E-state index contributed by atoms with van der Waals surface area (Å²) >= 11 is 0. The summed E-state index contributed by atoms with van der Waals surface area (Å²) in [4.78, 5) is 40.8. The molecular formula is C35H43F2N3O5. The molecule has 0 saturated carbocycles. The number of aliphatic hydroxyl groups excluding tert-OH is 1. The third-order valence-corrected chi connectivity index (χ3v) is 7.12. The Bertz CT molecular complexity index is 1390. The summed E-state index contributed by atoms with van der Waals surface area (Å²) < 4.78 is 33.5. The van der Waals surface area contributed by atoms with Crippen LogP contribution in [0.5, 0.6) is 5.75 Å². The zero-order chi connectivity index (χ0) is 32.8. The number of benzene rings is 3. The number of halogens is 2. The van der Waals surface area contributed by atoms with Crippen molar-refractivity contribution in [1.82, 2.24) is 15.5 Å². The molecule has 10 heteroatoms. The summed E-state index contributed by atoms with van der Waals surface area (Å²) in [6.45, 7) is 7.24. The summed E-state index contributed by atoms with van der Waals surface area (Å²) in [5, 5.41) is 16.6. The molecule has 45 heavy (non-hydrogen) atoms. The van der Waals surface area contributed by atoms with Crippen LogP contribution in [0.2, 0.25) is 0 Å². The molecule has 3 amide bonds. The van der Waals surface area contributed by atoms with Crippen LogP contribution in [0.15, 0.2) is 66.7 Å². The average Bonchev–Trinajstić information content (AvgIpc) is 3.00. The Morgan fingerprint density at radius 1 is 0.911 bits per heavy atom. The number of carbonyl (C=O) groups excluding carboxylic acids is 3. The lowest BCUT2D eigenvalue weighted by molar-refractivity contribution is -0.121. The number of aliphatic hydroxyl groups is 1. The minimum absolute atomic E-state index is 0.0641. The summed E-state index contributed by atoms with van der Waals surface area (Å²) in [6.07, 6.45) is 0.528. The van der Waals surface area contributed by atoms with Gasteiger partial charge < -0.3 is 25.4 Å². The van der Waals surface area contributed by atoms with Crippen molar-refractivity contribution in [3.05, 3.63) is 101 Å². The molecular weight excluding hydrogens is 580 g/mol. The smallest absolute Gasteiger partial charge is 0.253 e. The van der Waals surface area contributed by atoms with E-state index >= 15 is 0 Å². The molecule has 242 valence electrons. The van der Waals surface area contributed by atoms with Crippen molar-refractivity contribution in [3.63, 3.8) is 0 Å². The fraction of sp³-hybridized carbons (Fsp3) is 0.400. The number of rotatable bonds is 17. The van der Waals surface area contributed by atoms with Crippen LogP contribution in [0.1, 0.15) is 71.4 Å². The predicted molar refractivity (Wildman–Crippen MR) is 169 cm³/mol. The molecule has 8 nitrogen and oxygen atoms in total. The Balaban J connectivity index is 1.69. The Morgan fingerprint density at radius 2 is 1.56 bits per heavy atom. The number of carbonyl (C=O) groups is 3. The molecule has 0 spiro atoms. The van der Waals surface area contributed by atoms with Crippen LogP contribution in [0.4, 0.5) is 8.78 Å². The Morgan fingerprint density at radius 3 is 2.20 bits per heavy atom. The lowest BCUT2D eigenvalue weighted by atomic mass is 9.97. The number of ether oxygens (including phenoxy) is 1. The SMILES string of the molecule is CCCN(CCC)C(=O)c1cc(C)cc(C(=O)N[C@@H](Cc2cc(F)cc(F)c2)[C@H](O)CCNC(=O)CCOc2ccccc2)c1. The van der Waals surface area contributed by atoms with Gasteiger partial charge in [-0.3, -0.25) is 14.4 Å². The molecule has 0 fully saturated rings. The Hall–Kier alpha value is -4.31. The quantitative estimate of drug-likeness (QED) is 0.191. The number of nitrogens with zero attached hydrogens (tertiary/aromatic N) is 1. The summed E-state index contributed by atoms with van der Waals surface area (Å²) in [7, 11) is 0. The van der Waals surface area contributed by atoms with Crippen LogP contribution in [0.25, 0.3) is 0 Å². The second-order valence-corrected chi connectivity index (χ2v) is 11.1. The van der Waals surface area contributed by atoms with Crippen molar-refractivity contribution in [1.29, 1.82) is 0 Å². The second kappa shape index (κ2) is 17.9. The van der Waals surface area contributed by atoms with E-state index in [0.29, 0.717) is 30.0 Å². The van der Waals surface area contributed by atoms with Gasteiger partial charge in [-0.1, -0.05) is 32.0 Å². The van der Waals surface area contributed by atoms with E-state index in [9.17, 15) is 28.3 Å². The zero-order valence-corrected chi connectivity index (χ0v) is 26.2. The number of nitrogens with one attached hydrogen (secondary N) is 2. The average molecular weight is 624 g/mol. The maximum absolute atomic E-state index is 14.0. The van der Waals surface area contributed by atoms with Crippen LogP contribution < -0.4 is 15.4 Å². The molecule has 3 aromatic carbocycles. The predicted octanol–water partition coefficient (Wildman–Crippen LogP) is 5.21. The molecule has 0 aliphatic carbocycles. The molecule has 0 heterocycles. The molecule has 3 aromatic rings. The standard InChI is InChI=1S/C35H43F2N3O5/c1-4-14-40(15-5-2)35(44)27-18-24(3)17-26(22-27)34(43)39-31(21-25-19-28(36)23-29(37)20-25)32(41)11-13-38-33(42)12-16-45-30-9-7-6-8-10-30/h6-10,17-20,22-23,31-32,41H,4-5,11-16,21H2,1-3H3,(H,38,42)(H,39,43)/t31-,32+/m0/s1. The van der Waals surface area contributed by atoms with Gasteiger partial charge in [0.2, 0.25) is 5.91 Å². The highest BCUT2D eigenvalue weighted by molar-refractivity contribution is 6.00. The third-order valence-electron chi connectivity index (χ3n) is 7.12. The van der Waals surface area contributed by atoms with Crippen molar-refractivity contribution in [3.8, 4) is 5.75 Å². The molecule has 0 aliphatic heterocycles. The van der Waals surface area contributed by atoms with Crippen molar-refractivity contribution in [2.24, 2.45) is 0 Å². The molecule has 0 unspecified atom stereocenters. The topological polar surface area (TPSA) is 108 Å². The fourth-order valence-corrected chi connectivity index (χ4v) is 5.02. The largest absolute Gasteiger partial charge is 0.493 e. The van der Waals surface area contributed by atoms with Gasteiger partial charge in [-0.25, -0.2) is 8.78 Å². The van der Waals surface area contributed by atoms with Crippen LogP contribution in [0.3, 0.4) is 0 Å². The van der Waals surface area contributed by atoms with Crippen LogP contribution in [-0.2, 0) is 11.2 Å². The molecule has 3 N–H and O–H groups in total. The van der Waals surface area contributed by atoms with Crippen LogP contribution in [-0.4, -0.2) is 66.1 Å². The van der Waals surface area contributed by atoms with E-state index in [4.69, 9.17) is 4.74 Å². The normalized spacial score (nSPS) is 12.2. The third kappa shape index (κ3) is 11.6. The first-order valence-corrected chi connectivity index (χ1v) is 15.4. The molecule has 3 rings (SSSR count). The van der Waals surface area contributed by atoms with Crippen LogP contribution in [0, 0.1) is 18.6 Å². The van der Waals surface area contributed by atoms with Gasteiger partial charge in [-0.2, -0.15) is 0 Å². The molecule has 0 bridgehead atoms. The fourth-order valence-electron chi connectivity index (χ4n) is 5.02. The van der Waals surface area contributed by atoms with Gasteiger partial charge >= 0.3 is 0 Å². The van der Waals surface area contributed by atoms with Gasteiger partial charge in [0.1, 0.15) is 17.4 Å². The molecule has 0 aliphatic rings. The highest BCUT2D eigenvalue weighted by Gasteiger charge is 2.24. The van der Waals surface area contributed by atoms with Gasteiger partial charge in [0.15, 0.2) is 0 Å². The van der Waals surface area contributed by atoms with Gasteiger partial charge in [-0.05, 0) is 86.2 Å². The van der Waals surface area contributed by atoms with Gasteiger partial charge in [0, 0.05) is 36.8 Å². The summed E-state index contributed by atoms with van der Waals surface area (Å²) in [5.41, 5.74) is 1.56. The summed E-state index contributed by atoms with van der Waals surface area (Å²) in [6, 6.07) is 16.1. The van der Waals surface area contributed by atoms with Gasteiger partial charge in [0.05, 0.1) is 25.2 Å². The molecule has 2 atom stereocenters. The van der Waals surface area contributed by atoms with E-state index in [2.05, 4.69) is 10.6 Å². The van der Waals surface area contributed by atoms with E-state index in [1.807, 2.05) is 32.0 Å². The molecule has 0 aromatic heterocycles. The van der Waals surface area contributed by atoms with Gasteiger partial charge in [0.25, 0.3) is 11.8 Å². The van der Waals surface area contributed by atoms with Crippen molar-refractivity contribution >= 4 is 17.7 Å². The highest BCUT2D eigenvalue weighted by atomic mass is 19.1. The number of hydrogen-bond acceptors (Lipinski definition) is 5. The Kier molecular flexibility index (Phi) is 14.0. The van der Waals surface area contributed by atoms with E-state index in [-0.39, 0.29) is 55.4 Å². The van der Waals surface area contributed by atoms with Crippen LogP contribution >= 0.6 is 0 Å². The number of para-hydroxylation sites is 1. The zero-order valence-electron chi connectivity index (χ0n) is 26.2. The first-order valence-electron chi connectivity index (χ1n) is 15.4. The van der Waals surface area contributed by atoms with Gasteiger partial charge in [-0.15, -0.1) is 0 Å². The van der Waals surface area contributed by atoms with E-state index < -0.39 is 29.7 Å². The van der Waals surface area contributed by atoms with E-state index in [0.717, 1.165) is 31.0 Å². The van der Waals surface area contributed by atoms with Crippen molar-refractivity contribution in [2.75, 3.05) is 26.2 Å². The molecule has 0 saturated heterocycles. The Labute approximate surface area is 263 Å².